The van der Waals surface area contributed by atoms with Crippen LogP contribution in [0.2, 0.25) is 10.0 Å². The van der Waals surface area contributed by atoms with Crippen molar-refractivity contribution in [1.29, 1.82) is 0 Å². The van der Waals surface area contributed by atoms with Gasteiger partial charge in [-0.3, -0.25) is 9.52 Å². The van der Waals surface area contributed by atoms with E-state index in [2.05, 4.69) is 15.2 Å². The molecule has 0 aromatic heterocycles. The number of sulfonamides is 1. The number of halogens is 2. The summed E-state index contributed by atoms with van der Waals surface area (Å²) in [5, 5.41) is 4.52. The summed E-state index contributed by atoms with van der Waals surface area (Å²) in [4.78, 5) is 24.8. The first-order chi connectivity index (χ1) is 18.2. The summed E-state index contributed by atoms with van der Waals surface area (Å²) < 4.78 is 32.6. The number of anilines is 1. The SMILES string of the molecule is O=C(N/N=C\c1ccc(OC(=O)c2ccc(Cl)cc2Cl)cc1)c1ccc(NS(=O)(=O)c2ccccc2)cc1. The highest BCUT2D eigenvalue weighted by Crippen LogP contribution is 2.23. The molecule has 0 radical (unpaired) electrons. The van der Waals surface area contributed by atoms with Crippen LogP contribution in [-0.2, 0) is 10.0 Å². The van der Waals surface area contributed by atoms with Crippen molar-refractivity contribution in [2.45, 2.75) is 4.90 Å². The predicted octanol–water partition coefficient (Wildman–Crippen LogP) is 5.78. The number of rotatable bonds is 8. The third-order valence-corrected chi connectivity index (χ3v) is 7.02. The number of benzene rings is 4. The van der Waals surface area contributed by atoms with Gasteiger partial charge < -0.3 is 4.74 Å². The Morgan fingerprint density at radius 1 is 0.842 bits per heavy atom. The minimum Gasteiger partial charge on any atom is -0.423 e. The van der Waals surface area contributed by atoms with Gasteiger partial charge in [0.2, 0.25) is 0 Å². The van der Waals surface area contributed by atoms with E-state index in [-0.39, 0.29) is 21.0 Å². The molecule has 2 N–H and O–H groups in total. The average molecular weight is 568 g/mol. The van der Waals surface area contributed by atoms with E-state index >= 15 is 0 Å². The van der Waals surface area contributed by atoms with Gasteiger partial charge in [-0.05, 0) is 84.4 Å². The minimum absolute atomic E-state index is 0.133. The van der Waals surface area contributed by atoms with Crippen molar-refractivity contribution in [3.63, 3.8) is 0 Å². The fourth-order valence-corrected chi connectivity index (χ4v) is 4.74. The second-order valence-electron chi connectivity index (χ2n) is 7.78. The molecular formula is C27H19Cl2N3O5S. The van der Waals surface area contributed by atoms with Crippen LogP contribution in [0.25, 0.3) is 0 Å². The van der Waals surface area contributed by atoms with E-state index in [0.717, 1.165) is 0 Å². The molecule has 0 unspecified atom stereocenters. The van der Waals surface area contributed by atoms with Crippen LogP contribution in [0.3, 0.4) is 0 Å². The molecule has 192 valence electrons. The molecule has 0 bridgehead atoms. The lowest BCUT2D eigenvalue weighted by Crippen LogP contribution is -2.18. The fraction of sp³-hybridized carbons (Fsp3) is 0. The number of hydrazone groups is 1. The number of carbonyl (C=O) groups is 2. The summed E-state index contributed by atoms with van der Waals surface area (Å²) in [5.74, 6) is -0.812. The topological polar surface area (TPSA) is 114 Å². The second-order valence-corrected chi connectivity index (χ2v) is 10.3. The maximum atomic E-state index is 12.4. The van der Waals surface area contributed by atoms with Gasteiger partial charge in [0.25, 0.3) is 15.9 Å². The molecular weight excluding hydrogens is 549 g/mol. The molecule has 11 heteroatoms. The van der Waals surface area contributed by atoms with Crippen LogP contribution in [0, 0.1) is 0 Å². The molecule has 4 aromatic carbocycles. The lowest BCUT2D eigenvalue weighted by Gasteiger charge is -2.08. The Labute approximate surface area is 228 Å². The third-order valence-electron chi connectivity index (χ3n) is 5.07. The van der Waals surface area contributed by atoms with Crippen LogP contribution < -0.4 is 14.9 Å². The molecule has 4 rings (SSSR count). The van der Waals surface area contributed by atoms with Crippen LogP contribution in [0.4, 0.5) is 5.69 Å². The highest BCUT2D eigenvalue weighted by Gasteiger charge is 2.15. The molecule has 0 aliphatic carbocycles. The monoisotopic (exact) mass is 567 g/mol. The molecule has 0 aliphatic rings. The Hall–Kier alpha value is -4.18. The molecule has 0 atom stereocenters. The Kier molecular flexibility index (Phi) is 8.42. The first-order valence-corrected chi connectivity index (χ1v) is 13.2. The van der Waals surface area contributed by atoms with E-state index in [0.29, 0.717) is 22.0 Å². The number of amides is 1. The summed E-state index contributed by atoms with van der Waals surface area (Å²) >= 11 is 11.9. The number of hydrogen-bond acceptors (Lipinski definition) is 6. The van der Waals surface area contributed by atoms with Crippen molar-refractivity contribution >= 4 is 57.0 Å². The summed E-state index contributed by atoms with van der Waals surface area (Å²) in [6.45, 7) is 0. The normalized spacial score (nSPS) is 11.2. The lowest BCUT2D eigenvalue weighted by atomic mass is 10.2. The number of nitrogens with one attached hydrogen (secondary N) is 2. The highest BCUT2D eigenvalue weighted by atomic mass is 35.5. The van der Waals surface area contributed by atoms with E-state index in [1.807, 2.05) is 0 Å². The van der Waals surface area contributed by atoms with Gasteiger partial charge in [-0.15, -0.1) is 0 Å². The quantitative estimate of drug-likeness (QED) is 0.121. The highest BCUT2D eigenvalue weighted by molar-refractivity contribution is 7.92. The molecule has 0 spiro atoms. The van der Waals surface area contributed by atoms with Gasteiger partial charge in [-0.1, -0.05) is 41.4 Å². The second kappa shape index (κ2) is 11.9. The molecule has 1 amide bonds. The fourth-order valence-electron chi connectivity index (χ4n) is 3.17. The van der Waals surface area contributed by atoms with Crippen LogP contribution in [-0.4, -0.2) is 26.5 Å². The van der Waals surface area contributed by atoms with E-state index < -0.39 is 21.9 Å². The Bertz CT molecular complexity index is 1590. The maximum Gasteiger partial charge on any atom is 0.345 e. The lowest BCUT2D eigenvalue weighted by molar-refractivity contribution is 0.0734. The van der Waals surface area contributed by atoms with Crippen LogP contribution in [0.5, 0.6) is 5.75 Å². The van der Waals surface area contributed by atoms with Gasteiger partial charge >= 0.3 is 5.97 Å². The third kappa shape index (κ3) is 6.98. The summed E-state index contributed by atoms with van der Waals surface area (Å²) in [6.07, 6.45) is 1.42. The standard InChI is InChI=1S/C27H19Cl2N3O5S/c28-20-10-15-24(25(29)16-20)27(34)37-22-13-6-18(7-14-22)17-30-31-26(33)19-8-11-21(12-9-19)32-38(35,36)23-4-2-1-3-5-23/h1-17,32H,(H,31,33)/b30-17-. The zero-order valence-electron chi connectivity index (χ0n) is 19.5. The van der Waals surface area contributed by atoms with Crippen LogP contribution in [0.15, 0.2) is 107 Å². The molecule has 0 aliphatic heterocycles. The Morgan fingerprint density at radius 2 is 1.53 bits per heavy atom. The largest absolute Gasteiger partial charge is 0.423 e. The molecule has 4 aromatic rings. The van der Waals surface area contributed by atoms with E-state index in [1.165, 1.54) is 54.7 Å². The summed E-state index contributed by atoms with van der Waals surface area (Å²) in [5.41, 5.74) is 3.82. The molecule has 0 fully saturated rings. The van der Waals surface area contributed by atoms with Gasteiger partial charge in [0.15, 0.2) is 0 Å². The van der Waals surface area contributed by atoms with Crippen molar-refractivity contribution in [3.8, 4) is 5.75 Å². The zero-order valence-corrected chi connectivity index (χ0v) is 21.8. The molecule has 0 saturated heterocycles. The minimum atomic E-state index is -3.73. The van der Waals surface area contributed by atoms with Gasteiger partial charge in [-0.25, -0.2) is 18.6 Å². The van der Waals surface area contributed by atoms with Crippen molar-refractivity contribution < 1.29 is 22.7 Å². The van der Waals surface area contributed by atoms with Crippen molar-refractivity contribution in [2.75, 3.05) is 4.72 Å². The van der Waals surface area contributed by atoms with Crippen molar-refractivity contribution in [1.82, 2.24) is 5.43 Å². The van der Waals surface area contributed by atoms with E-state index in [9.17, 15) is 18.0 Å². The van der Waals surface area contributed by atoms with Crippen LogP contribution in [0.1, 0.15) is 26.3 Å². The first-order valence-electron chi connectivity index (χ1n) is 11.0. The zero-order chi connectivity index (χ0) is 27.1. The molecule has 0 saturated carbocycles. The number of carbonyl (C=O) groups excluding carboxylic acids is 2. The van der Waals surface area contributed by atoms with Gasteiger partial charge in [0.1, 0.15) is 5.75 Å². The molecule has 38 heavy (non-hydrogen) atoms. The Morgan fingerprint density at radius 3 is 2.18 bits per heavy atom. The molecule has 0 heterocycles. The van der Waals surface area contributed by atoms with Gasteiger partial charge in [0.05, 0.1) is 21.7 Å². The average Bonchev–Trinajstić information content (AvgIpc) is 2.90. The van der Waals surface area contributed by atoms with E-state index in [4.69, 9.17) is 27.9 Å². The number of hydrogen-bond donors (Lipinski definition) is 2. The van der Waals surface area contributed by atoms with Gasteiger partial charge in [0, 0.05) is 16.3 Å². The summed E-state index contributed by atoms with van der Waals surface area (Å²) in [7, 11) is -3.73. The van der Waals surface area contributed by atoms with Crippen molar-refractivity contribution in [2.24, 2.45) is 5.10 Å². The molecule has 8 nitrogen and oxygen atoms in total. The van der Waals surface area contributed by atoms with Crippen LogP contribution >= 0.6 is 23.2 Å². The first kappa shape index (κ1) is 26.9. The number of nitrogens with zero attached hydrogens (tertiary/aromatic N) is 1. The maximum absolute atomic E-state index is 12.4. The smallest absolute Gasteiger partial charge is 0.345 e. The predicted molar refractivity (Wildman–Crippen MR) is 147 cm³/mol. The van der Waals surface area contributed by atoms with Gasteiger partial charge in [-0.2, -0.15) is 5.10 Å². The summed E-state index contributed by atoms with van der Waals surface area (Å²) in [6, 6.07) is 24.8. The number of ether oxygens (including phenoxy) is 1. The Balaban J connectivity index is 1.31. The van der Waals surface area contributed by atoms with E-state index in [1.54, 1.807) is 48.5 Å². The van der Waals surface area contributed by atoms with Crippen molar-refractivity contribution in [3.05, 3.63) is 124 Å². The number of esters is 1.